The molecule has 0 aromatic carbocycles. The van der Waals surface area contributed by atoms with Gasteiger partial charge in [-0.1, -0.05) is 6.92 Å². The monoisotopic (exact) mass is 265 g/mol. The van der Waals surface area contributed by atoms with Crippen molar-refractivity contribution in [2.45, 2.75) is 46.8 Å². The Morgan fingerprint density at radius 3 is 2.79 bits per heavy atom. The largest absolute Gasteiger partial charge is 0.378 e. The minimum Gasteiger partial charge on any atom is -0.378 e. The fourth-order valence-electron chi connectivity index (χ4n) is 2.00. The van der Waals surface area contributed by atoms with Crippen molar-refractivity contribution >= 4 is 5.69 Å². The van der Waals surface area contributed by atoms with Gasteiger partial charge in [0.05, 0.1) is 17.6 Å². The highest BCUT2D eigenvalue weighted by atomic mass is 19.1. The Bertz CT molecular complexity index is 543. The van der Waals surface area contributed by atoms with Crippen LogP contribution in [0.4, 0.5) is 10.1 Å². The quantitative estimate of drug-likeness (QED) is 0.873. The molecule has 2 rings (SSSR count). The third-order valence-electron chi connectivity index (χ3n) is 3.04. The molecule has 2 aromatic rings. The molecule has 0 aliphatic heterocycles. The van der Waals surface area contributed by atoms with Crippen LogP contribution in [-0.2, 0) is 19.6 Å². The molecule has 0 atom stereocenters. The second kappa shape index (κ2) is 5.86. The van der Waals surface area contributed by atoms with Crippen LogP contribution in [0.15, 0.2) is 12.4 Å². The van der Waals surface area contributed by atoms with Crippen LogP contribution in [0.2, 0.25) is 0 Å². The van der Waals surface area contributed by atoms with Crippen LogP contribution >= 0.6 is 0 Å². The number of nitrogens with zero attached hydrogens (tertiary/aromatic N) is 4. The summed E-state index contributed by atoms with van der Waals surface area (Å²) < 4.78 is 17.2. The van der Waals surface area contributed by atoms with E-state index in [2.05, 4.69) is 22.4 Å². The van der Waals surface area contributed by atoms with Gasteiger partial charge in [-0.25, -0.2) is 4.68 Å². The van der Waals surface area contributed by atoms with Crippen molar-refractivity contribution < 1.29 is 4.39 Å². The lowest BCUT2D eigenvalue weighted by molar-refractivity contribution is 0.464. The van der Waals surface area contributed by atoms with Crippen molar-refractivity contribution in [1.82, 2.24) is 19.6 Å². The van der Waals surface area contributed by atoms with E-state index < -0.39 is 0 Å². The Balaban J connectivity index is 2.03. The first-order chi connectivity index (χ1) is 9.15. The summed E-state index contributed by atoms with van der Waals surface area (Å²) in [6.07, 6.45) is 4.73. The molecule has 6 heteroatoms. The van der Waals surface area contributed by atoms with Gasteiger partial charge in [0.15, 0.2) is 0 Å². The van der Waals surface area contributed by atoms with E-state index in [1.807, 2.05) is 24.7 Å². The predicted octanol–water partition coefficient (Wildman–Crippen LogP) is 2.57. The summed E-state index contributed by atoms with van der Waals surface area (Å²) in [6.45, 7) is 7.67. The zero-order valence-electron chi connectivity index (χ0n) is 11.6. The van der Waals surface area contributed by atoms with E-state index >= 15 is 0 Å². The molecular weight excluding hydrogens is 245 g/mol. The second-order valence-corrected chi connectivity index (χ2v) is 4.52. The molecule has 2 heterocycles. The topological polar surface area (TPSA) is 47.7 Å². The molecule has 0 aliphatic rings. The average molecular weight is 265 g/mol. The van der Waals surface area contributed by atoms with Gasteiger partial charge in [0.25, 0.3) is 0 Å². The summed E-state index contributed by atoms with van der Waals surface area (Å²) >= 11 is 0. The van der Waals surface area contributed by atoms with Gasteiger partial charge >= 0.3 is 0 Å². The van der Waals surface area contributed by atoms with Gasteiger partial charge in [-0.3, -0.25) is 4.68 Å². The Morgan fingerprint density at radius 2 is 2.16 bits per heavy atom. The molecule has 1 N–H and O–H groups in total. The van der Waals surface area contributed by atoms with Crippen LogP contribution in [0.25, 0.3) is 0 Å². The zero-order chi connectivity index (χ0) is 13.8. The van der Waals surface area contributed by atoms with E-state index in [0.717, 1.165) is 24.3 Å². The summed E-state index contributed by atoms with van der Waals surface area (Å²) in [7, 11) is 0. The maximum absolute atomic E-state index is 14.0. The van der Waals surface area contributed by atoms with Crippen molar-refractivity contribution in [2.75, 3.05) is 5.32 Å². The number of hydrogen-bond donors (Lipinski definition) is 1. The molecular formula is C13H20FN5. The summed E-state index contributed by atoms with van der Waals surface area (Å²) in [6, 6.07) is 0. The highest BCUT2D eigenvalue weighted by Gasteiger charge is 2.13. The van der Waals surface area contributed by atoms with Crippen LogP contribution in [0.5, 0.6) is 0 Å². The Hall–Kier alpha value is -1.85. The van der Waals surface area contributed by atoms with Crippen LogP contribution in [-0.4, -0.2) is 19.6 Å². The van der Waals surface area contributed by atoms with Gasteiger partial charge in [0, 0.05) is 31.4 Å². The fraction of sp³-hybridized carbons (Fsp3) is 0.538. The first-order valence-corrected chi connectivity index (χ1v) is 6.63. The Labute approximate surface area is 112 Å². The second-order valence-electron chi connectivity index (χ2n) is 4.52. The van der Waals surface area contributed by atoms with Crippen molar-refractivity contribution in [3.05, 3.63) is 29.6 Å². The summed E-state index contributed by atoms with van der Waals surface area (Å²) in [5.74, 6) is -0.256. The molecule has 0 unspecified atom stereocenters. The third-order valence-corrected chi connectivity index (χ3v) is 3.04. The van der Waals surface area contributed by atoms with E-state index in [9.17, 15) is 4.39 Å². The lowest BCUT2D eigenvalue weighted by Gasteiger charge is -2.02. The van der Waals surface area contributed by atoms with Gasteiger partial charge < -0.3 is 5.32 Å². The number of hydrogen-bond acceptors (Lipinski definition) is 3. The van der Waals surface area contributed by atoms with E-state index in [0.29, 0.717) is 18.7 Å². The van der Waals surface area contributed by atoms with E-state index in [4.69, 9.17) is 0 Å². The first kappa shape index (κ1) is 13.6. The molecule has 0 saturated heterocycles. The molecule has 0 saturated carbocycles. The van der Waals surface area contributed by atoms with Gasteiger partial charge in [-0.15, -0.1) is 0 Å². The predicted molar refractivity (Wildman–Crippen MR) is 72.4 cm³/mol. The van der Waals surface area contributed by atoms with Gasteiger partial charge in [0.2, 0.25) is 5.95 Å². The standard InChI is InChI=1S/C13H20FN5/c1-4-6-18-9-11(7-16-18)15-8-12-10(3)17-19(5-2)13(12)14/h7,9,15H,4-6,8H2,1-3H3. The number of aromatic nitrogens is 4. The molecule has 0 fully saturated rings. The highest BCUT2D eigenvalue weighted by molar-refractivity contribution is 5.39. The van der Waals surface area contributed by atoms with E-state index in [1.54, 1.807) is 6.20 Å². The number of rotatable bonds is 6. The van der Waals surface area contributed by atoms with Gasteiger partial charge in [-0.05, 0) is 20.3 Å². The first-order valence-electron chi connectivity index (χ1n) is 6.63. The Kier molecular flexibility index (Phi) is 4.19. The van der Waals surface area contributed by atoms with Gasteiger partial charge in [-0.2, -0.15) is 14.6 Å². The van der Waals surface area contributed by atoms with Crippen molar-refractivity contribution in [1.29, 1.82) is 0 Å². The average Bonchev–Trinajstić information content (AvgIpc) is 2.93. The SMILES string of the molecule is CCCn1cc(NCc2c(C)nn(CC)c2F)cn1. The van der Waals surface area contributed by atoms with E-state index in [1.165, 1.54) is 4.68 Å². The zero-order valence-corrected chi connectivity index (χ0v) is 11.6. The lowest BCUT2D eigenvalue weighted by Crippen LogP contribution is -2.04. The van der Waals surface area contributed by atoms with Crippen molar-refractivity contribution in [2.24, 2.45) is 0 Å². The summed E-state index contributed by atoms with van der Waals surface area (Å²) in [4.78, 5) is 0. The van der Waals surface area contributed by atoms with Crippen LogP contribution in [0, 0.1) is 12.9 Å². The number of halogens is 1. The molecule has 104 valence electrons. The highest BCUT2D eigenvalue weighted by Crippen LogP contribution is 2.15. The maximum Gasteiger partial charge on any atom is 0.216 e. The van der Waals surface area contributed by atoms with Crippen LogP contribution in [0.1, 0.15) is 31.5 Å². The molecule has 0 radical (unpaired) electrons. The van der Waals surface area contributed by atoms with Crippen molar-refractivity contribution in [3.8, 4) is 0 Å². The van der Waals surface area contributed by atoms with E-state index in [-0.39, 0.29) is 5.95 Å². The lowest BCUT2D eigenvalue weighted by atomic mass is 10.2. The summed E-state index contributed by atoms with van der Waals surface area (Å²) in [5.41, 5.74) is 2.24. The summed E-state index contributed by atoms with van der Waals surface area (Å²) in [5, 5.41) is 11.6. The van der Waals surface area contributed by atoms with Crippen LogP contribution < -0.4 is 5.32 Å². The third kappa shape index (κ3) is 2.94. The molecule has 0 spiro atoms. The molecule has 2 aromatic heterocycles. The fourth-order valence-corrected chi connectivity index (χ4v) is 2.00. The smallest absolute Gasteiger partial charge is 0.216 e. The maximum atomic E-state index is 14.0. The number of aryl methyl sites for hydroxylation is 3. The number of anilines is 1. The minimum absolute atomic E-state index is 0.256. The molecule has 0 aliphatic carbocycles. The molecule has 19 heavy (non-hydrogen) atoms. The van der Waals surface area contributed by atoms with Crippen molar-refractivity contribution in [3.63, 3.8) is 0 Å². The van der Waals surface area contributed by atoms with Crippen LogP contribution in [0.3, 0.4) is 0 Å². The minimum atomic E-state index is -0.256. The normalized spacial score (nSPS) is 10.9. The molecule has 0 bridgehead atoms. The molecule has 0 amide bonds. The Morgan fingerprint density at radius 1 is 1.37 bits per heavy atom. The number of nitrogens with one attached hydrogen (secondary N) is 1. The van der Waals surface area contributed by atoms with Gasteiger partial charge in [0.1, 0.15) is 0 Å². The molecule has 5 nitrogen and oxygen atoms in total.